The van der Waals surface area contributed by atoms with Gasteiger partial charge in [0.05, 0.1) is 5.69 Å². The average Bonchev–Trinajstić information content (AvgIpc) is 3.09. The molecule has 0 saturated heterocycles. The van der Waals surface area contributed by atoms with Crippen LogP contribution >= 0.6 is 11.8 Å². The standard InChI is InChI=1S/C20H20N2OS.C2H6/c1-3-22(4-2)20(23)19-17-13-9-5-7-11-15(13)21-18(17)14-10-6-8-12-16(14)24-19;1-2/h5-12,19,21H,3-4H2,1-2H3;1-2H3. The van der Waals surface area contributed by atoms with Crippen LogP contribution in [-0.4, -0.2) is 28.9 Å². The Morgan fingerprint density at radius 3 is 2.42 bits per heavy atom. The fourth-order valence-corrected chi connectivity index (χ4v) is 4.81. The molecule has 3 nitrogen and oxygen atoms in total. The number of carbonyl (C=O) groups is 1. The molecule has 0 aliphatic carbocycles. The quantitative estimate of drug-likeness (QED) is 0.628. The van der Waals surface area contributed by atoms with Gasteiger partial charge in [-0.1, -0.05) is 50.2 Å². The third kappa shape index (κ3) is 3.03. The maximum atomic E-state index is 13.2. The lowest BCUT2D eigenvalue weighted by Gasteiger charge is -2.29. The molecule has 1 N–H and O–H groups in total. The Morgan fingerprint density at radius 1 is 1.04 bits per heavy atom. The maximum absolute atomic E-state index is 13.2. The van der Waals surface area contributed by atoms with Gasteiger partial charge >= 0.3 is 0 Å². The van der Waals surface area contributed by atoms with Crippen LogP contribution in [0.4, 0.5) is 0 Å². The van der Waals surface area contributed by atoms with Crippen LogP contribution in [0.25, 0.3) is 22.2 Å². The van der Waals surface area contributed by atoms with E-state index in [0.29, 0.717) is 0 Å². The molecular formula is C22H26N2OS. The summed E-state index contributed by atoms with van der Waals surface area (Å²) < 4.78 is 0. The molecule has 1 atom stereocenters. The molecule has 0 fully saturated rings. The second kappa shape index (κ2) is 8.00. The Morgan fingerprint density at radius 2 is 1.69 bits per heavy atom. The van der Waals surface area contributed by atoms with Gasteiger partial charge in [0.1, 0.15) is 5.25 Å². The summed E-state index contributed by atoms with van der Waals surface area (Å²) in [6.07, 6.45) is 0. The highest BCUT2D eigenvalue weighted by Gasteiger charge is 2.35. The SMILES string of the molecule is CC.CCN(CC)C(=O)C1Sc2ccccc2-c2[nH]c3ccccc3c21. The summed E-state index contributed by atoms with van der Waals surface area (Å²) in [5.74, 6) is 0.200. The van der Waals surface area contributed by atoms with Crippen molar-refractivity contribution in [3.63, 3.8) is 0 Å². The third-order valence-corrected chi connectivity index (χ3v) is 5.99. The number of nitrogens with one attached hydrogen (secondary N) is 1. The minimum Gasteiger partial charge on any atom is -0.354 e. The van der Waals surface area contributed by atoms with E-state index in [1.54, 1.807) is 11.8 Å². The fourth-order valence-electron chi connectivity index (χ4n) is 3.49. The number of benzene rings is 2. The fraction of sp³-hybridized carbons (Fsp3) is 0.318. The number of hydrogen-bond acceptors (Lipinski definition) is 2. The third-order valence-electron chi connectivity index (χ3n) is 4.71. The van der Waals surface area contributed by atoms with Crippen molar-refractivity contribution in [2.24, 2.45) is 0 Å². The number of aromatic amines is 1. The highest BCUT2D eigenvalue weighted by Crippen LogP contribution is 2.51. The predicted molar refractivity (Wildman–Crippen MR) is 112 cm³/mol. The molecular weight excluding hydrogens is 340 g/mol. The number of para-hydroxylation sites is 1. The lowest BCUT2D eigenvalue weighted by Crippen LogP contribution is -2.34. The van der Waals surface area contributed by atoms with Crippen molar-refractivity contribution in [2.45, 2.75) is 37.8 Å². The first-order valence-electron chi connectivity index (χ1n) is 9.40. The van der Waals surface area contributed by atoms with Crippen molar-refractivity contribution in [3.8, 4) is 11.3 Å². The van der Waals surface area contributed by atoms with Crippen LogP contribution in [0.3, 0.4) is 0 Å². The Bertz CT molecular complexity index is 911. The summed E-state index contributed by atoms with van der Waals surface area (Å²) in [6, 6.07) is 16.6. The van der Waals surface area contributed by atoms with Crippen LogP contribution in [0.2, 0.25) is 0 Å². The lowest BCUT2D eigenvalue weighted by molar-refractivity contribution is -0.130. The molecule has 1 aliphatic heterocycles. The van der Waals surface area contributed by atoms with Crippen LogP contribution in [-0.2, 0) is 4.79 Å². The monoisotopic (exact) mass is 366 g/mol. The molecule has 1 aliphatic rings. The molecule has 0 spiro atoms. The number of rotatable bonds is 3. The molecule has 0 bridgehead atoms. The second-order valence-electron chi connectivity index (χ2n) is 5.96. The van der Waals surface area contributed by atoms with Crippen molar-refractivity contribution in [2.75, 3.05) is 13.1 Å². The number of H-pyrrole nitrogens is 1. The molecule has 1 aromatic heterocycles. The van der Waals surface area contributed by atoms with Gasteiger partial charge in [0, 0.05) is 40.0 Å². The minimum absolute atomic E-state index is 0.189. The first-order chi connectivity index (χ1) is 12.7. The molecule has 4 rings (SSSR count). The predicted octanol–water partition coefficient (Wildman–Crippen LogP) is 5.88. The summed E-state index contributed by atoms with van der Waals surface area (Å²) >= 11 is 1.68. The minimum atomic E-state index is -0.189. The van der Waals surface area contributed by atoms with E-state index in [1.807, 2.05) is 50.8 Å². The van der Waals surface area contributed by atoms with E-state index in [0.717, 1.165) is 35.2 Å². The van der Waals surface area contributed by atoms with Gasteiger partial charge in [-0.2, -0.15) is 0 Å². The number of thioether (sulfide) groups is 1. The van der Waals surface area contributed by atoms with E-state index in [4.69, 9.17) is 0 Å². The van der Waals surface area contributed by atoms with E-state index in [-0.39, 0.29) is 11.2 Å². The van der Waals surface area contributed by atoms with E-state index < -0.39 is 0 Å². The summed E-state index contributed by atoms with van der Waals surface area (Å²) in [6.45, 7) is 9.56. The average molecular weight is 367 g/mol. The Balaban J connectivity index is 0.000000948. The number of aromatic nitrogens is 1. The summed E-state index contributed by atoms with van der Waals surface area (Å²) in [7, 11) is 0. The zero-order valence-electron chi connectivity index (χ0n) is 15.9. The molecule has 2 heterocycles. The van der Waals surface area contributed by atoms with Gasteiger partial charge in [-0.05, 0) is 26.0 Å². The van der Waals surface area contributed by atoms with E-state index in [2.05, 4.69) is 35.3 Å². The number of likely N-dealkylation sites (N-methyl/N-ethyl adjacent to an activating group) is 1. The molecule has 0 radical (unpaired) electrons. The zero-order valence-corrected chi connectivity index (χ0v) is 16.7. The van der Waals surface area contributed by atoms with Crippen LogP contribution in [0.5, 0.6) is 0 Å². The molecule has 1 unspecified atom stereocenters. The molecule has 26 heavy (non-hydrogen) atoms. The van der Waals surface area contributed by atoms with Crippen LogP contribution < -0.4 is 0 Å². The number of fused-ring (bicyclic) bond motifs is 5. The highest BCUT2D eigenvalue weighted by atomic mass is 32.2. The summed E-state index contributed by atoms with van der Waals surface area (Å²) in [5, 5.41) is 0.964. The molecule has 4 heteroatoms. The zero-order chi connectivity index (χ0) is 18.7. The van der Waals surface area contributed by atoms with Crippen molar-refractivity contribution >= 4 is 28.6 Å². The molecule has 2 aromatic carbocycles. The number of nitrogens with zero attached hydrogens (tertiary/aromatic N) is 1. The van der Waals surface area contributed by atoms with Crippen LogP contribution in [0.15, 0.2) is 53.4 Å². The van der Waals surface area contributed by atoms with Gasteiger partial charge in [-0.3, -0.25) is 4.79 Å². The summed E-state index contributed by atoms with van der Waals surface area (Å²) in [4.78, 5) is 19.8. The molecule has 0 saturated carbocycles. The van der Waals surface area contributed by atoms with Crippen molar-refractivity contribution in [3.05, 3.63) is 54.1 Å². The maximum Gasteiger partial charge on any atom is 0.240 e. The largest absolute Gasteiger partial charge is 0.354 e. The first kappa shape index (κ1) is 18.6. The van der Waals surface area contributed by atoms with Crippen molar-refractivity contribution in [1.82, 2.24) is 9.88 Å². The molecule has 3 aromatic rings. The van der Waals surface area contributed by atoms with Gasteiger partial charge in [-0.25, -0.2) is 0 Å². The van der Waals surface area contributed by atoms with Crippen LogP contribution in [0.1, 0.15) is 38.5 Å². The van der Waals surface area contributed by atoms with Gasteiger partial charge in [0.2, 0.25) is 5.91 Å². The van der Waals surface area contributed by atoms with Gasteiger partial charge < -0.3 is 9.88 Å². The first-order valence-corrected chi connectivity index (χ1v) is 10.3. The van der Waals surface area contributed by atoms with E-state index in [1.165, 1.54) is 10.5 Å². The number of carbonyl (C=O) groups excluding carboxylic acids is 1. The van der Waals surface area contributed by atoms with Crippen molar-refractivity contribution in [1.29, 1.82) is 0 Å². The number of amides is 1. The lowest BCUT2D eigenvalue weighted by atomic mass is 10.0. The number of hydrogen-bond donors (Lipinski definition) is 1. The normalized spacial score (nSPS) is 14.8. The second-order valence-corrected chi connectivity index (χ2v) is 7.11. The van der Waals surface area contributed by atoms with Gasteiger partial charge in [0.25, 0.3) is 0 Å². The molecule has 136 valence electrons. The van der Waals surface area contributed by atoms with Gasteiger partial charge in [0.15, 0.2) is 0 Å². The molecule has 1 amide bonds. The van der Waals surface area contributed by atoms with E-state index in [9.17, 15) is 4.79 Å². The van der Waals surface area contributed by atoms with Crippen LogP contribution in [0, 0.1) is 0 Å². The highest BCUT2D eigenvalue weighted by molar-refractivity contribution is 8.00. The van der Waals surface area contributed by atoms with Gasteiger partial charge in [-0.15, -0.1) is 11.8 Å². The Labute approximate surface area is 159 Å². The van der Waals surface area contributed by atoms with E-state index >= 15 is 0 Å². The topological polar surface area (TPSA) is 36.1 Å². The Kier molecular flexibility index (Phi) is 5.72. The summed E-state index contributed by atoms with van der Waals surface area (Å²) in [5.41, 5.74) is 4.51. The Hall–Kier alpha value is -2.20. The van der Waals surface area contributed by atoms with Crippen molar-refractivity contribution < 1.29 is 4.79 Å². The smallest absolute Gasteiger partial charge is 0.240 e.